The molecule has 0 spiro atoms. The quantitative estimate of drug-likeness (QED) is 0.454. The normalized spacial score (nSPS) is 44.9. The molecule has 1 nitrogen and oxygen atoms in total. The zero-order valence-electron chi connectivity index (χ0n) is 20.7. The molecule has 4 aliphatic carbocycles. The van der Waals surface area contributed by atoms with E-state index in [2.05, 4.69) is 53.7 Å². The Balaban J connectivity index is 1.50. The van der Waals surface area contributed by atoms with E-state index in [1.165, 1.54) is 51.4 Å². The van der Waals surface area contributed by atoms with E-state index < -0.39 is 0 Å². The Morgan fingerprint density at radius 3 is 2.47 bits per heavy atom. The van der Waals surface area contributed by atoms with Crippen molar-refractivity contribution in [1.82, 2.24) is 0 Å². The van der Waals surface area contributed by atoms with Gasteiger partial charge in [0.05, 0.1) is 6.10 Å². The van der Waals surface area contributed by atoms with Crippen LogP contribution >= 0.6 is 0 Å². The van der Waals surface area contributed by atoms with Crippen LogP contribution in [0.15, 0.2) is 23.3 Å². The predicted molar refractivity (Wildman–Crippen MR) is 128 cm³/mol. The first-order valence-electron chi connectivity index (χ1n) is 13.2. The average molecular weight is 413 g/mol. The first-order valence-corrected chi connectivity index (χ1v) is 13.2. The van der Waals surface area contributed by atoms with Crippen LogP contribution in [0.3, 0.4) is 0 Å². The van der Waals surface area contributed by atoms with Crippen molar-refractivity contribution in [3.05, 3.63) is 23.3 Å². The van der Waals surface area contributed by atoms with Crippen LogP contribution in [-0.4, -0.2) is 11.2 Å². The van der Waals surface area contributed by atoms with Gasteiger partial charge in [-0.3, -0.25) is 0 Å². The van der Waals surface area contributed by atoms with Gasteiger partial charge in [-0.2, -0.15) is 0 Å². The highest BCUT2D eigenvalue weighted by atomic mass is 16.3. The molecule has 3 saturated carbocycles. The van der Waals surface area contributed by atoms with E-state index in [9.17, 15) is 5.11 Å². The Labute approximate surface area is 186 Å². The van der Waals surface area contributed by atoms with E-state index in [0.717, 1.165) is 36.5 Å². The van der Waals surface area contributed by atoms with Gasteiger partial charge in [0.25, 0.3) is 0 Å². The summed E-state index contributed by atoms with van der Waals surface area (Å²) in [5.74, 6) is 4.77. The lowest BCUT2D eigenvalue weighted by atomic mass is 9.47. The summed E-state index contributed by atoms with van der Waals surface area (Å²) in [6, 6.07) is 0. The molecular formula is C29H48O. The Kier molecular flexibility index (Phi) is 6.35. The zero-order valence-corrected chi connectivity index (χ0v) is 20.7. The molecule has 0 heterocycles. The highest BCUT2D eigenvalue weighted by molar-refractivity contribution is 5.27. The van der Waals surface area contributed by atoms with Gasteiger partial charge in [-0.25, -0.2) is 0 Å². The first-order chi connectivity index (χ1) is 14.2. The summed E-state index contributed by atoms with van der Waals surface area (Å²) < 4.78 is 0. The Morgan fingerprint density at radius 2 is 1.77 bits per heavy atom. The topological polar surface area (TPSA) is 20.2 Å². The van der Waals surface area contributed by atoms with Gasteiger partial charge in [-0.1, -0.05) is 57.9 Å². The van der Waals surface area contributed by atoms with Gasteiger partial charge in [-0.05, 0) is 117 Å². The van der Waals surface area contributed by atoms with Crippen LogP contribution in [0.1, 0.15) is 106 Å². The van der Waals surface area contributed by atoms with Crippen LogP contribution in [0.5, 0.6) is 0 Å². The third-order valence-corrected chi connectivity index (χ3v) is 10.8. The van der Waals surface area contributed by atoms with Gasteiger partial charge in [0.15, 0.2) is 0 Å². The summed E-state index contributed by atoms with van der Waals surface area (Å²) in [4.78, 5) is 0. The van der Waals surface area contributed by atoms with Crippen molar-refractivity contribution in [2.45, 2.75) is 112 Å². The van der Waals surface area contributed by atoms with Gasteiger partial charge < -0.3 is 5.11 Å². The minimum absolute atomic E-state index is 0.0449. The van der Waals surface area contributed by atoms with Gasteiger partial charge in [0.2, 0.25) is 0 Å². The largest absolute Gasteiger partial charge is 0.393 e. The van der Waals surface area contributed by atoms with E-state index in [1.807, 2.05) is 5.57 Å². The molecule has 1 heteroatoms. The number of aliphatic hydroxyl groups is 1. The minimum Gasteiger partial charge on any atom is -0.393 e. The third-order valence-electron chi connectivity index (χ3n) is 10.8. The maximum Gasteiger partial charge on any atom is 0.0543 e. The molecule has 4 rings (SSSR count). The molecular weight excluding hydrogens is 364 g/mol. The number of allylic oxidation sites excluding steroid dienone is 4. The van der Waals surface area contributed by atoms with Gasteiger partial charge in [0, 0.05) is 0 Å². The van der Waals surface area contributed by atoms with Gasteiger partial charge in [0.1, 0.15) is 0 Å². The Hall–Kier alpha value is -0.560. The van der Waals surface area contributed by atoms with E-state index in [4.69, 9.17) is 0 Å². The van der Waals surface area contributed by atoms with Gasteiger partial charge >= 0.3 is 0 Å². The molecule has 0 saturated heterocycles. The summed E-state index contributed by atoms with van der Waals surface area (Å²) >= 11 is 0. The molecule has 0 aromatic heterocycles. The molecule has 0 amide bonds. The first kappa shape index (κ1) is 22.6. The second-order valence-electron chi connectivity index (χ2n) is 12.4. The summed E-state index contributed by atoms with van der Waals surface area (Å²) in [5, 5.41) is 10.3. The third kappa shape index (κ3) is 3.66. The lowest BCUT2D eigenvalue weighted by Gasteiger charge is -2.57. The molecule has 0 aromatic carbocycles. The second kappa shape index (κ2) is 8.42. The SMILES string of the molecule is CC=C(CC[C@@H](C)C1CCC2C3=CCC4C[C@@H](O)CC[C@]4(C)C3CC[C@@]21C)C(C)C. The van der Waals surface area contributed by atoms with Gasteiger partial charge in [-0.15, -0.1) is 0 Å². The van der Waals surface area contributed by atoms with Crippen LogP contribution in [0, 0.1) is 46.3 Å². The molecule has 4 unspecified atom stereocenters. The number of hydrogen-bond donors (Lipinski definition) is 1. The molecule has 0 bridgehead atoms. The molecule has 0 radical (unpaired) electrons. The lowest BCUT2D eigenvalue weighted by Crippen LogP contribution is -2.49. The number of rotatable bonds is 5. The van der Waals surface area contributed by atoms with Crippen molar-refractivity contribution in [2.75, 3.05) is 0 Å². The molecule has 0 aromatic rings. The zero-order chi connectivity index (χ0) is 21.7. The molecule has 30 heavy (non-hydrogen) atoms. The van der Waals surface area contributed by atoms with Crippen LogP contribution in [0.4, 0.5) is 0 Å². The standard InChI is InChI=1S/C29H48O/c1-7-21(19(2)3)9-8-20(4)25-12-13-26-24-11-10-22-18-23(30)14-16-28(22,5)27(24)15-17-29(25,26)6/h7,11,19-20,22-23,25-27,30H,8-10,12-18H2,1-6H3/t20-,22?,23+,25?,26?,27?,28+,29-/m1/s1. The Morgan fingerprint density at radius 1 is 1.07 bits per heavy atom. The molecule has 4 aliphatic rings. The van der Waals surface area contributed by atoms with Crippen molar-refractivity contribution in [3.63, 3.8) is 0 Å². The highest BCUT2D eigenvalue weighted by Crippen LogP contribution is 2.67. The van der Waals surface area contributed by atoms with E-state index in [-0.39, 0.29) is 6.10 Å². The van der Waals surface area contributed by atoms with Crippen molar-refractivity contribution >= 4 is 0 Å². The highest BCUT2D eigenvalue weighted by Gasteiger charge is 2.58. The van der Waals surface area contributed by atoms with Crippen LogP contribution in [-0.2, 0) is 0 Å². The van der Waals surface area contributed by atoms with E-state index in [1.54, 1.807) is 5.57 Å². The predicted octanol–water partition coefficient (Wildman–Crippen LogP) is 7.94. The summed E-state index contributed by atoms with van der Waals surface area (Å²) in [6.45, 7) is 14.7. The molecule has 1 N–H and O–H groups in total. The molecule has 170 valence electrons. The second-order valence-corrected chi connectivity index (χ2v) is 12.4. The minimum atomic E-state index is -0.0449. The molecule has 0 aliphatic heterocycles. The Bertz CT molecular complexity index is 686. The van der Waals surface area contributed by atoms with Crippen LogP contribution < -0.4 is 0 Å². The summed E-state index contributed by atoms with van der Waals surface area (Å²) in [6.07, 6.45) is 17.9. The fourth-order valence-corrected chi connectivity index (χ4v) is 8.83. The fourth-order valence-electron chi connectivity index (χ4n) is 8.83. The van der Waals surface area contributed by atoms with Crippen molar-refractivity contribution in [2.24, 2.45) is 46.3 Å². The van der Waals surface area contributed by atoms with Crippen LogP contribution in [0.25, 0.3) is 0 Å². The van der Waals surface area contributed by atoms with Crippen LogP contribution in [0.2, 0.25) is 0 Å². The lowest BCUT2D eigenvalue weighted by molar-refractivity contribution is -0.0427. The number of hydrogen-bond acceptors (Lipinski definition) is 1. The summed E-state index contributed by atoms with van der Waals surface area (Å²) in [7, 11) is 0. The smallest absolute Gasteiger partial charge is 0.0543 e. The molecule has 3 fully saturated rings. The number of fused-ring (bicyclic) bond motifs is 5. The fraction of sp³-hybridized carbons (Fsp3) is 0.862. The maximum absolute atomic E-state index is 10.3. The maximum atomic E-state index is 10.3. The molecule has 8 atom stereocenters. The van der Waals surface area contributed by atoms with Crippen molar-refractivity contribution in [1.29, 1.82) is 0 Å². The summed E-state index contributed by atoms with van der Waals surface area (Å²) in [5.41, 5.74) is 4.49. The monoisotopic (exact) mass is 412 g/mol. The van der Waals surface area contributed by atoms with E-state index >= 15 is 0 Å². The van der Waals surface area contributed by atoms with Crippen molar-refractivity contribution < 1.29 is 5.11 Å². The average Bonchev–Trinajstić information content (AvgIpc) is 3.06. The number of aliphatic hydroxyl groups excluding tert-OH is 1. The van der Waals surface area contributed by atoms with E-state index in [0.29, 0.717) is 22.7 Å². The van der Waals surface area contributed by atoms with Crippen molar-refractivity contribution in [3.8, 4) is 0 Å².